The van der Waals surface area contributed by atoms with Crippen molar-refractivity contribution < 1.29 is 14.3 Å². The maximum absolute atomic E-state index is 10.8. The van der Waals surface area contributed by atoms with E-state index in [1.54, 1.807) is 0 Å². The van der Waals surface area contributed by atoms with E-state index in [1.807, 2.05) is 0 Å². The van der Waals surface area contributed by atoms with Crippen molar-refractivity contribution in [3.63, 3.8) is 0 Å². The zero-order valence-corrected chi connectivity index (χ0v) is 6.91. The molecule has 0 aromatic carbocycles. The minimum atomic E-state index is -0.452. The molecule has 0 spiro atoms. The molecule has 4 nitrogen and oxygen atoms in total. The summed E-state index contributed by atoms with van der Waals surface area (Å²) in [6.45, 7) is -0.0289. The summed E-state index contributed by atoms with van der Waals surface area (Å²) < 4.78 is 5.17. The third-order valence-electron chi connectivity index (χ3n) is 1.95. The second kappa shape index (κ2) is 4.21. The van der Waals surface area contributed by atoms with Crippen LogP contribution < -0.4 is 5.73 Å². The molecule has 0 unspecified atom stereocenters. The van der Waals surface area contributed by atoms with Gasteiger partial charge in [-0.05, 0) is 12.8 Å². The first-order chi connectivity index (χ1) is 5.68. The van der Waals surface area contributed by atoms with Gasteiger partial charge in [0.2, 0.25) is 5.91 Å². The molecule has 68 valence electrons. The van der Waals surface area contributed by atoms with Crippen molar-refractivity contribution in [2.75, 3.05) is 6.61 Å². The average molecular weight is 171 g/mol. The Morgan fingerprint density at radius 1 is 1.50 bits per heavy atom. The molecule has 0 aromatic rings. The van der Waals surface area contributed by atoms with Gasteiger partial charge < -0.3 is 10.5 Å². The number of primary amides is 1. The van der Waals surface area contributed by atoms with Gasteiger partial charge in [0, 0.05) is 12.8 Å². The standard InChI is InChI=1S/C8H13NO3/c9-8(11)5-12-7-3-1-6(10)2-4-7/h7H,1-5H2,(H2,9,11). The maximum Gasteiger partial charge on any atom is 0.243 e. The van der Waals surface area contributed by atoms with Crippen LogP contribution in [0.15, 0.2) is 0 Å². The van der Waals surface area contributed by atoms with Crippen LogP contribution in [-0.4, -0.2) is 24.4 Å². The van der Waals surface area contributed by atoms with Gasteiger partial charge in [-0.15, -0.1) is 0 Å². The third-order valence-corrected chi connectivity index (χ3v) is 1.95. The molecule has 0 aliphatic heterocycles. The van der Waals surface area contributed by atoms with Crippen molar-refractivity contribution in [2.45, 2.75) is 31.8 Å². The summed E-state index contributed by atoms with van der Waals surface area (Å²) in [5.74, 6) is -0.166. The molecular formula is C8H13NO3. The lowest BCUT2D eigenvalue weighted by molar-refractivity contribution is -0.127. The molecule has 1 aliphatic rings. The van der Waals surface area contributed by atoms with E-state index in [0.717, 1.165) is 12.8 Å². The molecule has 2 N–H and O–H groups in total. The van der Waals surface area contributed by atoms with Crippen LogP contribution in [-0.2, 0) is 14.3 Å². The van der Waals surface area contributed by atoms with E-state index in [1.165, 1.54) is 0 Å². The first kappa shape index (κ1) is 9.19. The Hall–Kier alpha value is -0.900. The van der Waals surface area contributed by atoms with Crippen molar-refractivity contribution in [2.24, 2.45) is 5.73 Å². The van der Waals surface area contributed by atoms with Crippen LogP contribution in [0.25, 0.3) is 0 Å². The lowest BCUT2D eigenvalue weighted by atomic mass is 9.97. The Labute approximate surface area is 71.1 Å². The quantitative estimate of drug-likeness (QED) is 0.649. The SMILES string of the molecule is NC(=O)COC1CCC(=O)CC1. The van der Waals surface area contributed by atoms with E-state index in [-0.39, 0.29) is 18.5 Å². The second-order valence-corrected chi connectivity index (χ2v) is 3.02. The predicted molar refractivity (Wildman–Crippen MR) is 42.4 cm³/mol. The smallest absolute Gasteiger partial charge is 0.243 e. The van der Waals surface area contributed by atoms with Crippen LogP contribution >= 0.6 is 0 Å². The summed E-state index contributed by atoms with van der Waals surface area (Å²) in [5.41, 5.74) is 4.91. The molecular weight excluding hydrogens is 158 g/mol. The van der Waals surface area contributed by atoms with Gasteiger partial charge in [0.1, 0.15) is 12.4 Å². The predicted octanol–water partition coefficient (Wildman–Crippen LogP) is -0.000000000000000222. The number of rotatable bonds is 3. The molecule has 0 saturated heterocycles. The number of hydrogen-bond donors (Lipinski definition) is 1. The zero-order valence-electron chi connectivity index (χ0n) is 6.91. The monoisotopic (exact) mass is 171 g/mol. The number of ether oxygens (including phenoxy) is 1. The van der Waals surface area contributed by atoms with Crippen LogP contribution in [0.1, 0.15) is 25.7 Å². The molecule has 1 amide bonds. The Balaban J connectivity index is 2.17. The first-order valence-corrected chi connectivity index (χ1v) is 4.10. The Bertz CT molecular complexity index is 181. The number of amides is 1. The number of hydrogen-bond acceptors (Lipinski definition) is 3. The number of nitrogens with two attached hydrogens (primary N) is 1. The van der Waals surface area contributed by atoms with Crippen LogP contribution in [0.3, 0.4) is 0 Å². The fraction of sp³-hybridized carbons (Fsp3) is 0.750. The molecule has 12 heavy (non-hydrogen) atoms. The van der Waals surface area contributed by atoms with Crippen molar-refractivity contribution in [1.29, 1.82) is 0 Å². The van der Waals surface area contributed by atoms with Gasteiger partial charge in [-0.2, -0.15) is 0 Å². The molecule has 1 aliphatic carbocycles. The molecule has 0 bridgehead atoms. The van der Waals surface area contributed by atoms with E-state index in [0.29, 0.717) is 12.8 Å². The van der Waals surface area contributed by atoms with Crippen LogP contribution in [0.2, 0.25) is 0 Å². The maximum atomic E-state index is 10.8. The van der Waals surface area contributed by atoms with Gasteiger partial charge in [0.05, 0.1) is 6.10 Å². The van der Waals surface area contributed by atoms with Crippen LogP contribution in [0.5, 0.6) is 0 Å². The van der Waals surface area contributed by atoms with Gasteiger partial charge in [-0.3, -0.25) is 9.59 Å². The summed E-state index contributed by atoms with van der Waals surface area (Å²) in [7, 11) is 0. The highest BCUT2D eigenvalue weighted by Gasteiger charge is 2.19. The fourth-order valence-electron chi connectivity index (χ4n) is 1.28. The third kappa shape index (κ3) is 3.00. The van der Waals surface area contributed by atoms with Crippen molar-refractivity contribution in [3.05, 3.63) is 0 Å². The number of carbonyl (C=O) groups excluding carboxylic acids is 2. The lowest BCUT2D eigenvalue weighted by Crippen LogP contribution is -2.27. The lowest BCUT2D eigenvalue weighted by Gasteiger charge is -2.20. The highest BCUT2D eigenvalue weighted by molar-refractivity contribution is 5.79. The molecule has 0 radical (unpaired) electrons. The van der Waals surface area contributed by atoms with E-state index in [4.69, 9.17) is 10.5 Å². The molecule has 0 atom stereocenters. The van der Waals surface area contributed by atoms with Crippen molar-refractivity contribution >= 4 is 11.7 Å². The second-order valence-electron chi connectivity index (χ2n) is 3.02. The van der Waals surface area contributed by atoms with Crippen LogP contribution in [0, 0.1) is 0 Å². The summed E-state index contributed by atoms with van der Waals surface area (Å²) in [6, 6.07) is 0. The molecule has 1 saturated carbocycles. The molecule has 0 aromatic heterocycles. The summed E-state index contributed by atoms with van der Waals surface area (Å²) in [6.07, 6.45) is 2.65. The molecule has 1 fully saturated rings. The minimum absolute atomic E-state index is 0.0289. The number of Topliss-reactive ketones (excluding diaryl/α,β-unsaturated/α-hetero) is 1. The Kier molecular flexibility index (Phi) is 3.22. The highest BCUT2D eigenvalue weighted by atomic mass is 16.5. The first-order valence-electron chi connectivity index (χ1n) is 4.10. The van der Waals surface area contributed by atoms with Crippen LogP contribution in [0.4, 0.5) is 0 Å². The van der Waals surface area contributed by atoms with E-state index in [2.05, 4.69) is 0 Å². The van der Waals surface area contributed by atoms with E-state index < -0.39 is 5.91 Å². The molecule has 0 heterocycles. The van der Waals surface area contributed by atoms with Gasteiger partial charge in [-0.25, -0.2) is 0 Å². The van der Waals surface area contributed by atoms with Gasteiger partial charge in [0.25, 0.3) is 0 Å². The molecule has 1 rings (SSSR count). The summed E-state index contributed by atoms with van der Waals surface area (Å²) in [4.78, 5) is 21.1. The summed E-state index contributed by atoms with van der Waals surface area (Å²) >= 11 is 0. The minimum Gasteiger partial charge on any atom is -0.368 e. The van der Waals surface area contributed by atoms with Gasteiger partial charge in [0.15, 0.2) is 0 Å². The van der Waals surface area contributed by atoms with E-state index in [9.17, 15) is 9.59 Å². The largest absolute Gasteiger partial charge is 0.368 e. The number of ketones is 1. The topological polar surface area (TPSA) is 69.4 Å². The Morgan fingerprint density at radius 3 is 2.58 bits per heavy atom. The summed E-state index contributed by atoms with van der Waals surface area (Å²) in [5, 5.41) is 0. The average Bonchev–Trinajstić information content (AvgIpc) is 2.03. The normalized spacial score (nSPS) is 19.5. The van der Waals surface area contributed by atoms with E-state index >= 15 is 0 Å². The highest BCUT2D eigenvalue weighted by Crippen LogP contribution is 2.17. The Morgan fingerprint density at radius 2 is 2.08 bits per heavy atom. The zero-order chi connectivity index (χ0) is 8.97. The molecule has 4 heteroatoms. The van der Waals surface area contributed by atoms with Gasteiger partial charge >= 0.3 is 0 Å². The van der Waals surface area contributed by atoms with Crippen molar-refractivity contribution in [3.8, 4) is 0 Å². The van der Waals surface area contributed by atoms with Crippen molar-refractivity contribution in [1.82, 2.24) is 0 Å². The fourth-order valence-corrected chi connectivity index (χ4v) is 1.28. The van der Waals surface area contributed by atoms with Gasteiger partial charge in [-0.1, -0.05) is 0 Å². The number of carbonyl (C=O) groups is 2.